The van der Waals surface area contributed by atoms with Crippen LogP contribution in [0.25, 0.3) is 0 Å². The van der Waals surface area contributed by atoms with Gasteiger partial charge in [0.1, 0.15) is 18.2 Å². The fourth-order valence-corrected chi connectivity index (χ4v) is 2.66. The molecule has 2 aromatic rings. The van der Waals surface area contributed by atoms with Gasteiger partial charge in [0.05, 0.1) is 0 Å². The van der Waals surface area contributed by atoms with Crippen LogP contribution >= 0.6 is 11.3 Å². The molecule has 1 heterocycles. The summed E-state index contributed by atoms with van der Waals surface area (Å²) < 4.78 is 18.6. The van der Waals surface area contributed by atoms with Gasteiger partial charge in [-0.1, -0.05) is 26.0 Å². The van der Waals surface area contributed by atoms with Crippen LogP contribution in [-0.2, 0) is 6.61 Å². The second kappa shape index (κ2) is 6.05. The number of rotatable bonds is 5. The smallest absolute Gasteiger partial charge is 0.349 e. The maximum Gasteiger partial charge on any atom is 0.349 e. The Kier molecular flexibility index (Phi) is 4.39. The molecule has 0 aliphatic heterocycles. The number of benzene rings is 1. The van der Waals surface area contributed by atoms with Crippen LogP contribution in [0.15, 0.2) is 30.3 Å². The Balaban J connectivity index is 2.18. The van der Waals surface area contributed by atoms with Crippen molar-refractivity contribution < 1.29 is 19.0 Å². The number of hydrogen-bond donors (Lipinski definition) is 1. The SMILES string of the molecule is CC(C)c1cc(OCc2cccc(F)c2)c(C(=O)O)s1. The second-order valence-electron chi connectivity index (χ2n) is 4.72. The first kappa shape index (κ1) is 14.5. The topological polar surface area (TPSA) is 46.5 Å². The summed E-state index contributed by atoms with van der Waals surface area (Å²) in [5, 5.41) is 9.17. The minimum absolute atomic E-state index is 0.145. The molecule has 0 aliphatic carbocycles. The molecule has 0 radical (unpaired) electrons. The first-order chi connectivity index (χ1) is 9.47. The number of hydrogen-bond acceptors (Lipinski definition) is 3. The van der Waals surface area contributed by atoms with E-state index in [4.69, 9.17) is 4.74 Å². The fourth-order valence-electron chi connectivity index (χ4n) is 1.72. The molecule has 0 bridgehead atoms. The van der Waals surface area contributed by atoms with Crippen molar-refractivity contribution in [2.75, 3.05) is 0 Å². The molecule has 0 aliphatic rings. The van der Waals surface area contributed by atoms with Crippen molar-refractivity contribution in [3.63, 3.8) is 0 Å². The van der Waals surface area contributed by atoms with Crippen LogP contribution < -0.4 is 4.74 Å². The van der Waals surface area contributed by atoms with Crippen LogP contribution in [-0.4, -0.2) is 11.1 Å². The highest BCUT2D eigenvalue weighted by molar-refractivity contribution is 7.14. The van der Waals surface area contributed by atoms with E-state index in [9.17, 15) is 14.3 Å². The van der Waals surface area contributed by atoms with E-state index < -0.39 is 5.97 Å². The average molecular weight is 294 g/mol. The van der Waals surface area contributed by atoms with E-state index in [1.165, 1.54) is 23.5 Å². The molecule has 0 saturated carbocycles. The maximum absolute atomic E-state index is 13.1. The van der Waals surface area contributed by atoms with Crippen LogP contribution in [0, 0.1) is 5.82 Å². The Morgan fingerprint density at radius 1 is 1.40 bits per heavy atom. The first-order valence-corrected chi connectivity index (χ1v) is 7.03. The third-order valence-corrected chi connectivity index (χ3v) is 4.17. The van der Waals surface area contributed by atoms with Crippen molar-refractivity contribution in [2.24, 2.45) is 0 Å². The second-order valence-corrected chi connectivity index (χ2v) is 5.80. The number of carbonyl (C=O) groups is 1. The van der Waals surface area contributed by atoms with Crippen LogP contribution in [0.3, 0.4) is 0 Å². The Morgan fingerprint density at radius 2 is 2.15 bits per heavy atom. The summed E-state index contributed by atoms with van der Waals surface area (Å²) in [5.41, 5.74) is 0.665. The Labute approximate surface area is 120 Å². The normalized spacial score (nSPS) is 10.8. The van der Waals surface area contributed by atoms with E-state index in [1.54, 1.807) is 18.2 Å². The van der Waals surface area contributed by atoms with Gasteiger partial charge in [-0.15, -0.1) is 11.3 Å². The predicted octanol–water partition coefficient (Wildman–Crippen LogP) is 4.29. The Hall–Kier alpha value is -1.88. The molecule has 3 nitrogen and oxygen atoms in total. The standard InChI is InChI=1S/C15H15FO3S/c1-9(2)13-7-12(14(20-13)15(17)18)19-8-10-4-3-5-11(16)6-10/h3-7,9H,8H2,1-2H3,(H,17,18). The number of thiophene rings is 1. The zero-order valence-corrected chi connectivity index (χ0v) is 12.0. The molecule has 1 aromatic heterocycles. The third-order valence-electron chi connectivity index (χ3n) is 2.76. The van der Waals surface area contributed by atoms with E-state index >= 15 is 0 Å². The summed E-state index contributed by atoms with van der Waals surface area (Å²) in [7, 11) is 0. The van der Waals surface area contributed by atoms with Gasteiger partial charge in [-0.3, -0.25) is 0 Å². The minimum atomic E-state index is -1.00. The molecule has 20 heavy (non-hydrogen) atoms. The predicted molar refractivity (Wildman–Crippen MR) is 76.1 cm³/mol. The van der Waals surface area contributed by atoms with E-state index in [2.05, 4.69) is 0 Å². The van der Waals surface area contributed by atoms with Gasteiger partial charge < -0.3 is 9.84 Å². The fraction of sp³-hybridized carbons (Fsp3) is 0.267. The minimum Gasteiger partial charge on any atom is -0.487 e. The van der Waals surface area contributed by atoms with Crippen LogP contribution in [0.1, 0.15) is 39.9 Å². The lowest BCUT2D eigenvalue weighted by Crippen LogP contribution is -2.00. The van der Waals surface area contributed by atoms with Gasteiger partial charge in [-0.05, 0) is 29.7 Å². The molecule has 1 N–H and O–H groups in total. The number of halogens is 1. The van der Waals surface area contributed by atoms with Crippen LogP contribution in [0.4, 0.5) is 4.39 Å². The summed E-state index contributed by atoms with van der Waals surface area (Å²) in [6, 6.07) is 7.81. The summed E-state index contributed by atoms with van der Waals surface area (Å²) in [5.74, 6) is -0.756. The Morgan fingerprint density at radius 3 is 2.75 bits per heavy atom. The lowest BCUT2D eigenvalue weighted by molar-refractivity contribution is 0.0697. The van der Waals surface area contributed by atoms with Crippen molar-refractivity contribution in [1.82, 2.24) is 0 Å². The molecule has 0 unspecified atom stereocenters. The molecular formula is C15H15FO3S. The molecule has 0 fully saturated rings. The zero-order valence-electron chi connectivity index (χ0n) is 11.2. The number of carboxylic acids is 1. The molecule has 0 amide bonds. The van der Waals surface area contributed by atoms with Crippen molar-refractivity contribution in [1.29, 1.82) is 0 Å². The van der Waals surface area contributed by atoms with Gasteiger partial charge in [0.25, 0.3) is 0 Å². The molecule has 1 aromatic carbocycles. The molecule has 106 valence electrons. The van der Waals surface area contributed by atoms with Gasteiger partial charge in [0, 0.05) is 4.88 Å². The number of aromatic carboxylic acids is 1. The largest absolute Gasteiger partial charge is 0.487 e. The average Bonchev–Trinajstić information content (AvgIpc) is 2.81. The van der Waals surface area contributed by atoms with E-state index in [1.807, 2.05) is 13.8 Å². The quantitative estimate of drug-likeness (QED) is 0.895. The van der Waals surface area contributed by atoms with Crippen molar-refractivity contribution in [2.45, 2.75) is 26.4 Å². The summed E-state index contributed by atoms with van der Waals surface area (Å²) >= 11 is 1.22. The van der Waals surface area contributed by atoms with E-state index in [-0.39, 0.29) is 23.2 Å². The molecule has 2 rings (SSSR count). The summed E-state index contributed by atoms with van der Waals surface area (Å²) in [4.78, 5) is 12.3. The van der Waals surface area contributed by atoms with Gasteiger partial charge in [-0.25, -0.2) is 9.18 Å². The van der Waals surface area contributed by atoms with Crippen molar-refractivity contribution >= 4 is 17.3 Å². The lowest BCUT2D eigenvalue weighted by Gasteiger charge is -2.05. The van der Waals surface area contributed by atoms with Gasteiger partial charge >= 0.3 is 5.97 Å². The summed E-state index contributed by atoms with van der Waals surface area (Å²) in [6.07, 6.45) is 0. The monoisotopic (exact) mass is 294 g/mol. The van der Waals surface area contributed by atoms with Crippen molar-refractivity contribution in [3.05, 3.63) is 51.5 Å². The highest BCUT2D eigenvalue weighted by Gasteiger charge is 2.18. The number of ether oxygens (including phenoxy) is 1. The highest BCUT2D eigenvalue weighted by atomic mass is 32.1. The van der Waals surface area contributed by atoms with E-state index in [0.29, 0.717) is 11.3 Å². The van der Waals surface area contributed by atoms with Gasteiger partial charge in [0.15, 0.2) is 4.88 Å². The third kappa shape index (κ3) is 3.36. The van der Waals surface area contributed by atoms with Gasteiger partial charge in [-0.2, -0.15) is 0 Å². The van der Waals surface area contributed by atoms with Crippen LogP contribution in [0.2, 0.25) is 0 Å². The molecule has 0 saturated heterocycles. The zero-order chi connectivity index (χ0) is 14.7. The van der Waals surface area contributed by atoms with Crippen molar-refractivity contribution in [3.8, 4) is 5.75 Å². The first-order valence-electron chi connectivity index (χ1n) is 6.21. The number of carboxylic acid groups (broad SMARTS) is 1. The summed E-state index contributed by atoms with van der Waals surface area (Å²) in [6.45, 7) is 4.13. The van der Waals surface area contributed by atoms with Gasteiger partial charge in [0.2, 0.25) is 0 Å². The molecule has 0 atom stereocenters. The molecular weight excluding hydrogens is 279 g/mol. The Bertz CT molecular complexity index is 619. The highest BCUT2D eigenvalue weighted by Crippen LogP contribution is 2.34. The molecule has 0 spiro atoms. The maximum atomic E-state index is 13.1. The lowest BCUT2D eigenvalue weighted by atomic mass is 10.2. The molecule has 5 heteroatoms. The van der Waals surface area contributed by atoms with Crippen LogP contribution in [0.5, 0.6) is 5.75 Å². The van der Waals surface area contributed by atoms with E-state index in [0.717, 1.165) is 4.88 Å².